The van der Waals surface area contributed by atoms with E-state index in [9.17, 15) is 14.1 Å². The average molecular weight is 391 g/mol. The Morgan fingerprint density at radius 3 is 2.81 bits per heavy atom. The number of aliphatic hydroxyl groups is 1. The van der Waals surface area contributed by atoms with Crippen LogP contribution in [0.25, 0.3) is 0 Å². The number of carbonyl (C=O) groups is 1. The maximum atomic E-state index is 12.3. The van der Waals surface area contributed by atoms with E-state index in [1.54, 1.807) is 0 Å². The number of aliphatic hydroxyl groups excluding tert-OH is 1. The van der Waals surface area contributed by atoms with Crippen LogP contribution in [0.15, 0.2) is 54.6 Å². The van der Waals surface area contributed by atoms with Gasteiger partial charge in [0.25, 0.3) is 0 Å². The topological polar surface area (TPSA) is 83.6 Å². The molecule has 27 heavy (non-hydrogen) atoms. The third-order valence-corrected chi connectivity index (χ3v) is 5.33. The molecule has 1 aliphatic heterocycles. The molecule has 1 aromatic carbocycles. The Bertz CT molecular complexity index is 661. The van der Waals surface area contributed by atoms with Crippen LogP contribution in [-0.4, -0.2) is 44.6 Å². The molecule has 6 heteroatoms. The summed E-state index contributed by atoms with van der Waals surface area (Å²) in [5.41, 5.74) is 1.09. The van der Waals surface area contributed by atoms with Crippen LogP contribution < -0.4 is 5.14 Å². The van der Waals surface area contributed by atoms with Crippen molar-refractivity contribution in [1.82, 2.24) is 4.90 Å². The first kappa shape index (κ1) is 21.5. The summed E-state index contributed by atoms with van der Waals surface area (Å²) in [5, 5.41) is 15.5. The van der Waals surface area contributed by atoms with Crippen molar-refractivity contribution in [2.45, 2.75) is 50.7 Å². The highest BCUT2D eigenvalue weighted by atomic mass is 32.2. The van der Waals surface area contributed by atoms with E-state index in [2.05, 4.69) is 0 Å². The molecular formula is C21H30N2O3S. The zero-order chi connectivity index (χ0) is 19.5. The molecule has 2 unspecified atom stereocenters. The van der Waals surface area contributed by atoms with Gasteiger partial charge in [-0.1, -0.05) is 54.6 Å². The van der Waals surface area contributed by atoms with E-state index in [1.807, 2.05) is 59.5 Å². The molecule has 5 nitrogen and oxygen atoms in total. The van der Waals surface area contributed by atoms with Crippen LogP contribution >= 0.6 is 0 Å². The van der Waals surface area contributed by atoms with Gasteiger partial charge in [-0.3, -0.25) is 9.93 Å². The monoisotopic (exact) mass is 390 g/mol. The summed E-state index contributed by atoms with van der Waals surface area (Å²) in [6.07, 6.45) is 11.8. The summed E-state index contributed by atoms with van der Waals surface area (Å²) in [6, 6.07) is 9.91. The zero-order valence-electron chi connectivity index (χ0n) is 15.7. The Morgan fingerprint density at radius 1 is 1.30 bits per heavy atom. The highest BCUT2D eigenvalue weighted by Gasteiger charge is 2.25. The number of carbonyl (C=O) groups excluding carboxylic acids is 1. The Kier molecular flexibility index (Phi) is 9.45. The number of hydrogen-bond donors (Lipinski definition) is 2. The van der Waals surface area contributed by atoms with Gasteiger partial charge in [0.1, 0.15) is 0 Å². The second kappa shape index (κ2) is 11.8. The van der Waals surface area contributed by atoms with Crippen molar-refractivity contribution in [2.75, 3.05) is 12.3 Å². The number of unbranched alkanes of at least 4 members (excludes halogenated alkanes) is 1. The Balaban J connectivity index is 1.85. The summed E-state index contributed by atoms with van der Waals surface area (Å²) >= 11 is 0. The third-order valence-electron chi connectivity index (χ3n) is 4.64. The van der Waals surface area contributed by atoms with Gasteiger partial charge in [-0.15, -0.1) is 0 Å². The summed E-state index contributed by atoms with van der Waals surface area (Å²) in [5.74, 6) is 0.652. The van der Waals surface area contributed by atoms with Crippen molar-refractivity contribution in [1.29, 1.82) is 0 Å². The number of rotatable bonds is 10. The van der Waals surface area contributed by atoms with Gasteiger partial charge < -0.3 is 10.0 Å². The summed E-state index contributed by atoms with van der Waals surface area (Å²) in [4.78, 5) is 14.2. The van der Waals surface area contributed by atoms with Crippen LogP contribution in [0.5, 0.6) is 0 Å². The van der Waals surface area contributed by atoms with Gasteiger partial charge in [-0.25, -0.2) is 4.21 Å². The highest BCUT2D eigenvalue weighted by Crippen LogP contribution is 2.20. The predicted molar refractivity (Wildman–Crippen MR) is 110 cm³/mol. The Morgan fingerprint density at radius 2 is 2.07 bits per heavy atom. The Hall–Kier alpha value is -1.76. The second-order valence-electron chi connectivity index (χ2n) is 6.85. The van der Waals surface area contributed by atoms with Crippen LogP contribution in [0.1, 0.15) is 37.7 Å². The fraction of sp³-hybridized carbons (Fsp3) is 0.476. The van der Waals surface area contributed by atoms with Crippen molar-refractivity contribution in [3.05, 3.63) is 60.2 Å². The van der Waals surface area contributed by atoms with Gasteiger partial charge in [0.05, 0.1) is 23.1 Å². The minimum Gasteiger partial charge on any atom is -0.389 e. The van der Waals surface area contributed by atoms with Crippen LogP contribution in [0.3, 0.4) is 0 Å². The van der Waals surface area contributed by atoms with Crippen molar-refractivity contribution in [2.24, 2.45) is 5.14 Å². The molecule has 1 heterocycles. The number of nitrogens with zero attached hydrogens (tertiary/aromatic N) is 1. The van der Waals surface area contributed by atoms with E-state index < -0.39 is 17.1 Å². The van der Waals surface area contributed by atoms with Crippen molar-refractivity contribution >= 4 is 16.9 Å². The van der Waals surface area contributed by atoms with Gasteiger partial charge in [0, 0.05) is 25.1 Å². The first-order valence-corrected chi connectivity index (χ1v) is 10.9. The van der Waals surface area contributed by atoms with Gasteiger partial charge >= 0.3 is 0 Å². The second-order valence-corrected chi connectivity index (χ2v) is 8.02. The molecule has 1 aromatic rings. The molecular weight excluding hydrogens is 360 g/mol. The van der Waals surface area contributed by atoms with Gasteiger partial charge in [-0.2, -0.15) is 0 Å². The standard InChI is InChI=1S/C21H30N2O3S/c22-27(26)16-7-2-1-6-15-23-19(11-8-12-21(23)25)13-14-20(24)17-18-9-4-3-5-10-18/h1,3-6,9-10,13-14,19-20,24H,2,7-8,11-12,15-17,22H2/b6-1-,14-13+/t19-,20?,27?/m1/s1. The lowest BCUT2D eigenvalue weighted by atomic mass is 9.99. The molecule has 148 valence electrons. The van der Waals surface area contributed by atoms with Crippen LogP contribution in [0.4, 0.5) is 0 Å². The van der Waals surface area contributed by atoms with E-state index in [1.165, 1.54) is 0 Å². The predicted octanol–water partition coefficient (Wildman–Crippen LogP) is 2.49. The molecule has 0 radical (unpaired) electrons. The van der Waals surface area contributed by atoms with Gasteiger partial charge in [0.15, 0.2) is 0 Å². The molecule has 0 saturated carbocycles. The summed E-state index contributed by atoms with van der Waals surface area (Å²) in [6.45, 7) is 0.564. The van der Waals surface area contributed by atoms with E-state index in [4.69, 9.17) is 5.14 Å². The Labute approximate surface area is 164 Å². The smallest absolute Gasteiger partial charge is 0.223 e. The average Bonchev–Trinajstić information content (AvgIpc) is 2.65. The van der Waals surface area contributed by atoms with E-state index in [0.717, 1.165) is 31.2 Å². The number of allylic oxidation sites excluding steroid dienone is 1. The minimum absolute atomic E-state index is 0.0258. The molecule has 0 bridgehead atoms. The lowest BCUT2D eigenvalue weighted by Crippen LogP contribution is -2.42. The first-order valence-electron chi connectivity index (χ1n) is 9.54. The summed E-state index contributed by atoms with van der Waals surface area (Å²) in [7, 11) is -1.24. The van der Waals surface area contributed by atoms with E-state index >= 15 is 0 Å². The van der Waals surface area contributed by atoms with E-state index in [0.29, 0.717) is 25.1 Å². The van der Waals surface area contributed by atoms with Crippen molar-refractivity contribution < 1.29 is 14.1 Å². The third kappa shape index (κ3) is 8.20. The number of nitrogens with two attached hydrogens (primary N) is 1. The zero-order valence-corrected chi connectivity index (χ0v) is 16.5. The number of hydrogen-bond acceptors (Lipinski definition) is 3. The van der Waals surface area contributed by atoms with E-state index in [-0.39, 0.29) is 11.9 Å². The molecule has 0 aliphatic carbocycles. The van der Waals surface area contributed by atoms with Crippen molar-refractivity contribution in [3.8, 4) is 0 Å². The quantitative estimate of drug-likeness (QED) is 0.475. The maximum absolute atomic E-state index is 12.3. The lowest BCUT2D eigenvalue weighted by Gasteiger charge is -2.33. The van der Waals surface area contributed by atoms with Crippen LogP contribution in [0, 0.1) is 0 Å². The molecule has 3 atom stereocenters. The number of benzene rings is 1. The number of likely N-dealkylation sites (tertiary alicyclic amines) is 1. The minimum atomic E-state index is -1.24. The highest BCUT2D eigenvalue weighted by molar-refractivity contribution is 7.82. The fourth-order valence-corrected chi connectivity index (χ4v) is 3.66. The number of piperidine rings is 1. The fourth-order valence-electron chi connectivity index (χ4n) is 3.21. The molecule has 1 aliphatic rings. The molecule has 3 N–H and O–H groups in total. The SMILES string of the molecule is NS(=O)CCC/C=C\CN1C(=O)CCC[C@@H]1/C=C/C(O)Cc1ccccc1. The molecule has 1 fully saturated rings. The van der Waals surface area contributed by atoms with Crippen molar-refractivity contribution in [3.63, 3.8) is 0 Å². The summed E-state index contributed by atoms with van der Waals surface area (Å²) < 4.78 is 10.8. The molecule has 0 spiro atoms. The maximum Gasteiger partial charge on any atom is 0.223 e. The first-order chi connectivity index (χ1) is 13.1. The van der Waals surface area contributed by atoms with Crippen LogP contribution in [0.2, 0.25) is 0 Å². The molecule has 1 amide bonds. The molecule has 0 aromatic heterocycles. The largest absolute Gasteiger partial charge is 0.389 e. The molecule has 1 saturated heterocycles. The van der Waals surface area contributed by atoms with Gasteiger partial charge in [0.2, 0.25) is 5.91 Å². The van der Waals surface area contributed by atoms with Gasteiger partial charge in [-0.05, 0) is 31.2 Å². The lowest BCUT2D eigenvalue weighted by molar-refractivity contribution is -0.134. The normalized spacial score (nSPS) is 20.4. The molecule has 2 rings (SSSR count). The van der Waals surface area contributed by atoms with Crippen LogP contribution in [-0.2, 0) is 22.2 Å². The number of amides is 1.